The molecule has 8 nitrogen and oxygen atoms in total. The third kappa shape index (κ3) is 5.51. The van der Waals surface area contributed by atoms with Gasteiger partial charge in [-0.3, -0.25) is 14.2 Å². The van der Waals surface area contributed by atoms with E-state index in [0.29, 0.717) is 32.6 Å². The van der Waals surface area contributed by atoms with Crippen molar-refractivity contribution in [3.05, 3.63) is 132 Å². The van der Waals surface area contributed by atoms with Crippen LogP contribution in [0.5, 0.6) is 0 Å². The highest BCUT2D eigenvalue weighted by molar-refractivity contribution is 6.05. The van der Waals surface area contributed by atoms with Crippen molar-refractivity contribution in [3.63, 3.8) is 0 Å². The van der Waals surface area contributed by atoms with Gasteiger partial charge in [0, 0.05) is 41.9 Å². The molecule has 1 aliphatic rings. The van der Waals surface area contributed by atoms with E-state index in [4.69, 9.17) is 0 Å². The zero-order valence-corrected chi connectivity index (χ0v) is 26.2. The number of carbonyl (C=O) groups is 2. The first kappa shape index (κ1) is 30.9. The quantitative estimate of drug-likeness (QED) is 0.178. The summed E-state index contributed by atoms with van der Waals surface area (Å²) < 4.78 is 46.8. The maximum absolute atomic E-state index is 15.1. The molecule has 1 unspecified atom stereocenters. The molecule has 0 aliphatic carbocycles. The zero-order valence-electron chi connectivity index (χ0n) is 26.2. The van der Waals surface area contributed by atoms with Crippen LogP contribution in [0.1, 0.15) is 36.7 Å². The van der Waals surface area contributed by atoms with E-state index in [9.17, 15) is 9.59 Å². The molecular formula is C37H31F3N6O2. The summed E-state index contributed by atoms with van der Waals surface area (Å²) in [5.74, 6) is -3.95. The molecule has 1 aliphatic heterocycles. The first-order chi connectivity index (χ1) is 23.2. The Bertz CT molecular complexity index is 2150. The van der Waals surface area contributed by atoms with E-state index in [-0.39, 0.29) is 36.2 Å². The molecule has 2 amide bonds. The van der Waals surface area contributed by atoms with Gasteiger partial charge in [0.15, 0.2) is 23.3 Å². The van der Waals surface area contributed by atoms with E-state index in [1.807, 2.05) is 50.2 Å². The summed E-state index contributed by atoms with van der Waals surface area (Å²) in [4.78, 5) is 32.2. The first-order valence-corrected chi connectivity index (χ1v) is 15.6. The average Bonchev–Trinajstić information content (AvgIpc) is 3.65. The van der Waals surface area contributed by atoms with Crippen LogP contribution in [-0.4, -0.2) is 48.9 Å². The smallest absolute Gasteiger partial charge is 0.243 e. The van der Waals surface area contributed by atoms with Crippen molar-refractivity contribution in [2.24, 2.45) is 0 Å². The molecule has 1 atom stereocenters. The Balaban J connectivity index is 1.39. The van der Waals surface area contributed by atoms with Crippen molar-refractivity contribution >= 4 is 28.4 Å². The number of hydrogen-bond donors (Lipinski definition) is 0. The van der Waals surface area contributed by atoms with Crippen LogP contribution in [0, 0.1) is 11.6 Å². The van der Waals surface area contributed by atoms with Crippen molar-refractivity contribution in [1.29, 1.82) is 0 Å². The molecule has 4 aromatic carbocycles. The maximum Gasteiger partial charge on any atom is 0.243 e. The lowest BCUT2D eigenvalue weighted by Crippen LogP contribution is -2.46. The topological polar surface area (TPSA) is 76.3 Å². The second kappa shape index (κ2) is 12.5. The van der Waals surface area contributed by atoms with Gasteiger partial charge in [-0.2, -0.15) is 4.79 Å². The van der Waals surface area contributed by atoms with Crippen LogP contribution < -0.4 is 4.90 Å². The fourth-order valence-corrected chi connectivity index (χ4v) is 6.37. The lowest BCUT2D eigenvalue weighted by atomic mass is 9.96. The number of hydrogen-bond acceptors (Lipinski definition) is 4. The van der Waals surface area contributed by atoms with Crippen LogP contribution in [0.25, 0.3) is 28.0 Å². The predicted molar refractivity (Wildman–Crippen MR) is 176 cm³/mol. The number of benzene rings is 4. The van der Waals surface area contributed by atoms with Gasteiger partial charge >= 0.3 is 0 Å². The fourth-order valence-electron chi connectivity index (χ4n) is 6.37. The minimum absolute atomic E-state index is 0.00989. The van der Waals surface area contributed by atoms with Crippen molar-refractivity contribution < 1.29 is 22.9 Å². The summed E-state index contributed by atoms with van der Waals surface area (Å²) in [5.41, 5.74) is 2.46. The van der Waals surface area contributed by atoms with Crippen LogP contribution in [0.4, 0.5) is 18.9 Å². The Kier molecular flexibility index (Phi) is 8.04. The largest absolute Gasteiger partial charge is 0.334 e. The lowest BCUT2D eigenvalue weighted by Gasteiger charge is -2.31. The van der Waals surface area contributed by atoms with Gasteiger partial charge in [0.05, 0.1) is 16.9 Å². The van der Waals surface area contributed by atoms with E-state index in [0.717, 1.165) is 17.7 Å². The first-order valence-electron chi connectivity index (χ1n) is 15.6. The Morgan fingerprint density at radius 3 is 2.23 bits per heavy atom. The Labute approximate surface area is 274 Å². The average molecular weight is 649 g/mol. The molecule has 2 aromatic heterocycles. The van der Waals surface area contributed by atoms with Gasteiger partial charge < -0.3 is 9.80 Å². The lowest BCUT2D eigenvalue weighted by molar-refractivity contribution is -0.133. The molecule has 3 heterocycles. The molecule has 0 saturated heterocycles. The Morgan fingerprint density at radius 2 is 1.52 bits per heavy atom. The number of amides is 2. The highest BCUT2D eigenvalue weighted by Gasteiger charge is 2.40. The van der Waals surface area contributed by atoms with Crippen LogP contribution in [0.3, 0.4) is 0 Å². The minimum atomic E-state index is -1.18. The van der Waals surface area contributed by atoms with Crippen molar-refractivity contribution in [2.75, 3.05) is 11.4 Å². The summed E-state index contributed by atoms with van der Waals surface area (Å²) in [6, 6.07) is 27.0. The summed E-state index contributed by atoms with van der Waals surface area (Å²) >= 11 is 0. The van der Waals surface area contributed by atoms with Crippen molar-refractivity contribution in [2.45, 2.75) is 38.8 Å². The third-order valence-corrected chi connectivity index (χ3v) is 8.75. The predicted octanol–water partition coefficient (Wildman–Crippen LogP) is 7.01. The molecular weight excluding hydrogens is 617 g/mol. The second-order valence-corrected chi connectivity index (χ2v) is 12.1. The molecule has 242 valence electrons. The highest BCUT2D eigenvalue weighted by Crippen LogP contribution is 2.40. The number of nitrogens with zero attached hydrogens (tertiary/aromatic N) is 6. The van der Waals surface area contributed by atoms with Gasteiger partial charge in [0.2, 0.25) is 11.8 Å². The van der Waals surface area contributed by atoms with Crippen LogP contribution in [0.2, 0.25) is 0 Å². The summed E-state index contributed by atoms with van der Waals surface area (Å²) in [7, 11) is 0. The van der Waals surface area contributed by atoms with Gasteiger partial charge in [-0.05, 0) is 37.5 Å². The summed E-state index contributed by atoms with van der Waals surface area (Å²) in [5, 5.41) is 9.45. The van der Waals surface area contributed by atoms with Crippen LogP contribution in [-0.2, 0) is 22.6 Å². The number of fused-ring (bicyclic) bond motifs is 4. The SMILES string of the molecule is CC(C)N(Cc1ccccc1)C(=O)CN1C(=O)C(Cc2cn(F)c3ccccc23)c2nnc(-c3ccccc3)n2-c2cc(F)c(F)cc21. The number of para-hydroxylation sites is 1. The Hall–Kier alpha value is -5.71. The van der Waals surface area contributed by atoms with Gasteiger partial charge in [-0.1, -0.05) is 83.3 Å². The molecule has 6 aromatic rings. The van der Waals surface area contributed by atoms with E-state index in [1.165, 1.54) is 11.1 Å². The monoisotopic (exact) mass is 648 g/mol. The minimum Gasteiger partial charge on any atom is -0.334 e. The van der Waals surface area contributed by atoms with Gasteiger partial charge in [-0.15, -0.1) is 10.2 Å². The third-order valence-electron chi connectivity index (χ3n) is 8.75. The van der Waals surface area contributed by atoms with Gasteiger partial charge in [0.25, 0.3) is 0 Å². The highest BCUT2D eigenvalue weighted by atomic mass is 19.2. The maximum atomic E-state index is 15.1. The molecule has 11 heteroatoms. The number of rotatable bonds is 8. The molecule has 0 N–H and O–H groups in total. The fraction of sp³-hybridized carbons (Fsp3) is 0.189. The van der Waals surface area contributed by atoms with Gasteiger partial charge in [0.1, 0.15) is 12.5 Å². The summed E-state index contributed by atoms with van der Waals surface area (Å²) in [6.45, 7) is 3.57. The molecule has 7 rings (SSSR count). The number of anilines is 1. The summed E-state index contributed by atoms with van der Waals surface area (Å²) in [6.07, 6.45) is 1.29. The van der Waals surface area contributed by atoms with Crippen LogP contribution in [0.15, 0.2) is 103 Å². The van der Waals surface area contributed by atoms with E-state index in [1.54, 1.807) is 58.0 Å². The standard InChI is InChI=1S/C37H31F3N6O2/c1-23(2)43(20-24-11-5-3-6-12-24)34(47)22-44-32-18-29(38)30(39)19-33(32)46-35(25-13-7-4-8-14-25)41-42-36(46)28(37(44)48)17-26-21-45(40)31-16-10-9-15-27(26)31/h3-16,18-19,21,23,28H,17,20,22H2,1-2H3. The molecule has 48 heavy (non-hydrogen) atoms. The molecule has 0 fully saturated rings. The molecule has 0 radical (unpaired) electrons. The van der Waals surface area contributed by atoms with E-state index < -0.39 is 35.9 Å². The normalized spacial score (nSPS) is 14.2. The number of halogens is 3. The molecule has 0 spiro atoms. The zero-order chi connectivity index (χ0) is 33.5. The van der Waals surface area contributed by atoms with Crippen LogP contribution >= 0.6 is 0 Å². The number of aromatic nitrogens is 4. The van der Waals surface area contributed by atoms with Crippen molar-refractivity contribution in [1.82, 2.24) is 24.5 Å². The molecule has 0 bridgehead atoms. The van der Waals surface area contributed by atoms with E-state index in [2.05, 4.69) is 10.2 Å². The second-order valence-electron chi connectivity index (χ2n) is 12.1. The number of carbonyl (C=O) groups excluding carboxylic acids is 2. The van der Waals surface area contributed by atoms with Crippen molar-refractivity contribution in [3.8, 4) is 17.1 Å². The molecule has 0 saturated carbocycles. The van der Waals surface area contributed by atoms with E-state index >= 15 is 13.3 Å². The Morgan fingerprint density at radius 1 is 0.875 bits per heavy atom. The van der Waals surface area contributed by atoms with Gasteiger partial charge in [-0.25, -0.2) is 8.78 Å².